The van der Waals surface area contributed by atoms with E-state index in [-0.39, 0.29) is 17.7 Å². The molecule has 0 fully saturated rings. The highest BCUT2D eigenvalue weighted by atomic mass is 28.4. The second-order valence-corrected chi connectivity index (χ2v) is 20.4. The van der Waals surface area contributed by atoms with Crippen LogP contribution in [0.3, 0.4) is 0 Å². The average molecular weight is 1020 g/mol. The molecule has 0 heterocycles. The minimum Gasteiger partial charge on any atom is -0.491 e. The SMILES string of the molecule is C/C(=C\C=C\C(=O)NO)C[C@@H](OC(=O)Nc1ccc(F)cc1F)c1ccc(OCCO[Si](CCC(F)(F)C(F)(F)C(F)(F)C(F)(F)C(F)(F)C(F)(F)C(F)(F)C(F)(F)F)(C(C)C)C(C)C)cc1. The molecule has 2 rings (SSSR count). The van der Waals surface area contributed by atoms with Crippen LogP contribution in [-0.4, -0.2) is 86.4 Å². The standard InChI is InChI=1S/C39H41F19N2O6Si/c1-21(2)67(22(3)4,18-15-32(42,43)33(44,45)34(46,47)35(48,49)36(50,51)37(52,53)38(54,55)39(56,57)58)65-17-16-64-26-12-9-24(10-13-26)29(19-23(5)7-6-8-30(61)60-63)66-31(62)59-28-14-11-25(40)20-27(28)41/h6-14,20-22,29,63H,15-19H2,1-5H3,(H,59,62)(H,60,61)/b8-6+,23-7+/t29-/m1/s1. The van der Waals surface area contributed by atoms with Gasteiger partial charge in [0.15, 0.2) is 8.32 Å². The summed E-state index contributed by atoms with van der Waals surface area (Å²) in [6, 6.07) is 6.19. The van der Waals surface area contributed by atoms with E-state index in [2.05, 4.69) is 5.32 Å². The minimum atomic E-state index is -8.73. The fraction of sp³-hybridized carbons (Fsp3) is 0.538. The predicted molar refractivity (Wildman–Crippen MR) is 201 cm³/mol. The fourth-order valence-corrected chi connectivity index (χ4v) is 10.8. The van der Waals surface area contributed by atoms with Gasteiger partial charge in [-0.15, -0.1) is 0 Å². The van der Waals surface area contributed by atoms with Crippen LogP contribution in [0.15, 0.2) is 66.3 Å². The molecule has 0 aromatic heterocycles. The molecule has 0 spiro atoms. The highest BCUT2D eigenvalue weighted by molar-refractivity contribution is 6.76. The molecule has 2 aromatic rings. The Balaban J connectivity index is 2.31. The molecule has 8 nitrogen and oxygen atoms in total. The van der Waals surface area contributed by atoms with Crippen molar-refractivity contribution in [1.82, 2.24) is 5.48 Å². The van der Waals surface area contributed by atoms with E-state index in [0.717, 1.165) is 18.2 Å². The summed E-state index contributed by atoms with van der Waals surface area (Å²) in [4.78, 5) is 24.0. The number of hydrogen-bond donors (Lipinski definition) is 3. The molecular weight excluding hydrogens is 981 g/mol. The number of hydrogen-bond acceptors (Lipinski definition) is 6. The van der Waals surface area contributed by atoms with Crippen molar-refractivity contribution in [2.24, 2.45) is 0 Å². The number of anilines is 1. The number of carbonyl (C=O) groups is 2. The Bertz CT molecular complexity index is 2050. The molecule has 0 aliphatic rings. The molecule has 67 heavy (non-hydrogen) atoms. The third kappa shape index (κ3) is 12.3. The van der Waals surface area contributed by atoms with Crippen LogP contribution in [0.1, 0.15) is 59.1 Å². The first-order chi connectivity index (χ1) is 30.3. The number of benzene rings is 2. The second kappa shape index (κ2) is 21.3. The summed E-state index contributed by atoms with van der Waals surface area (Å²) in [5.74, 6) is -60.0. The second-order valence-electron chi connectivity index (χ2n) is 15.4. The summed E-state index contributed by atoms with van der Waals surface area (Å²) in [6.07, 6.45) is -9.32. The van der Waals surface area contributed by atoms with Gasteiger partial charge in [-0.1, -0.05) is 57.6 Å². The van der Waals surface area contributed by atoms with E-state index >= 15 is 0 Å². The number of halogens is 19. The number of alkyl halides is 17. The molecule has 3 N–H and O–H groups in total. The molecule has 2 aromatic carbocycles. The zero-order valence-corrected chi connectivity index (χ0v) is 36.2. The summed E-state index contributed by atoms with van der Waals surface area (Å²) in [6.45, 7) is 5.59. The monoisotopic (exact) mass is 1020 g/mol. The van der Waals surface area contributed by atoms with Crippen LogP contribution in [0, 0.1) is 11.6 Å². The molecule has 1 atom stereocenters. The van der Waals surface area contributed by atoms with Gasteiger partial charge in [0, 0.05) is 25.0 Å². The molecule has 0 unspecified atom stereocenters. The number of allylic oxidation sites excluding steroid dienone is 2. The Morgan fingerprint density at radius 1 is 0.716 bits per heavy atom. The van der Waals surface area contributed by atoms with E-state index in [0.29, 0.717) is 11.6 Å². The smallest absolute Gasteiger partial charge is 0.460 e. The molecule has 380 valence electrons. The van der Waals surface area contributed by atoms with Crippen molar-refractivity contribution in [2.75, 3.05) is 18.5 Å². The van der Waals surface area contributed by atoms with Crippen molar-refractivity contribution in [3.8, 4) is 5.75 Å². The maximum atomic E-state index is 15.0. The Labute approximate surface area is 369 Å². The molecule has 0 saturated carbocycles. The molecule has 28 heteroatoms. The maximum Gasteiger partial charge on any atom is 0.460 e. The van der Waals surface area contributed by atoms with Gasteiger partial charge in [-0.2, -0.15) is 74.6 Å². The third-order valence-corrected chi connectivity index (χ3v) is 15.9. The van der Waals surface area contributed by atoms with Gasteiger partial charge >= 0.3 is 53.7 Å². The molecule has 0 aliphatic heterocycles. The zero-order chi connectivity index (χ0) is 52.0. The van der Waals surface area contributed by atoms with Crippen LogP contribution in [-0.2, 0) is 14.0 Å². The van der Waals surface area contributed by atoms with Gasteiger partial charge in [-0.3, -0.25) is 15.3 Å². The summed E-state index contributed by atoms with van der Waals surface area (Å²) in [5, 5.41) is 10.7. The molecule has 0 aliphatic carbocycles. The van der Waals surface area contributed by atoms with Crippen molar-refractivity contribution in [2.45, 2.75) is 118 Å². The lowest BCUT2D eigenvalue weighted by Gasteiger charge is -2.44. The summed E-state index contributed by atoms with van der Waals surface area (Å²) >= 11 is 0. The minimum absolute atomic E-state index is 0.0280. The lowest BCUT2D eigenvalue weighted by Crippen LogP contribution is -2.74. The summed E-state index contributed by atoms with van der Waals surface area (Å²) in [5.41, 5.74) is -0.218. The van der Waals surface area contributed by atoms with Gasteiger partial charge in [0.1, 0.15) is 30.1 Å². The average Bonchev–Trinajstić information content (AvgIpc) is 3.20. The van der Waals surface area contributed by atoms with E-state index in [1.807, 2.05) is 0 Å². The molecule has 0 radical (unpaired) electrons. The third-order valence-electron chi connectivity index (χ3n) is 10.2. The van der Waals surface area contributed by atoms with Crippen LogP contribution < -0.4 is 15.5 Å². The first-order valence-corrected chi connectivity index (χ1v) is 21.4. The van der Waals surface area contributed by atoms with E-state index in [9.17, 15) is 93.0 Å². The topological polar surface area (TPSA) is 106 Å². The molecule has 2 amide bonds. The van der Waals surface area contributed by atoms with Gasteiger partial charge in [-0.25, -0.2) is 19.1 Å². The lowest BCUT2D eigenvalue weighted by molar-refractivity contribution is -0.461. The van der Waals surface area contributed by atoms with E-state index < -0.39 is 128 Å². The summed E-state index contributed by atoms with van der Waals surface area (Å²) in [7, 11) is -4.06. The first-order valence-electron chi connectivity index (χ1n) is 19.1. The molecule has 0 bridgehead atoms. The van der Waals surface area contributed by atoms with E-state index in [1.54, 1.807) is 6.92 Å². The van der Waals surface area contributed by atoms with Gasteiger partial charge in [0.2, 0.25) is 0 Å². The van der Waals surface area contributed by atoms with Crippen LogP contribution in [0.25, 0.3) is 0 Å². The van der Waals surface area contributed by atoms with E-state index in [4.69, 9.17) is 19.1 Å². The Morgan fingerprint density at radius 3 is 1.70 bits per heavy atom. The van der Waals surface area contributed by atoms with Crippen LogP contribution in [0.2, 0.25) is 17.1 Å². The predicted octanol–water partition coefficient (Wildman–Crippen LogP) is 13.2. The van der Waals surface area contributed by atoms with Crippen LogP contribution >= 0.6 is 0 Å². The normalized spacial score (nSPS) is 14.8. The maximum absolute atomic E-state index is 15.0. The van der Waals surface area contributed by atoms with Crippen molar-refractivity contribution < 1.29 is 112 Å². The Hall–Kier alpha value is -4.73. The number of amides is 2. The highest BCUT2D eigenvalue weighted by Crippen LogP contribution is 2.64. The number of hydroxylamine groups is 1. The first kappa shape index (κ1) is 58.4. The van der Waals surface area contributed by atoms with Crippen LogP contribution in [0.5, 0.6) is 5.75 Å². The van der Waals surface area contributed by atoms with Crippen molar-refractivity contribution >= 4 is 26.0 Å². The number of carbonyl (C=O) groups excluding carboxylic acids is 2. The van der Waals surface area contributed by atoms with Gasteiger partial charge < -0.3 is 13.9 Å². The van der Waals surface area contributed by atoms with Gasteiger partial charge in [0.05, 0.1) is 12.3 Å². The zero-order valence-electron chi connectivity index (χ0n) is 35.2. The number of rotatable bonds is 23. The molecular formula is C39H41F19N2O6Si. The summed E-state index contributed by atoms with van der Waals surface area (Å²) < 4.78 is 280. The van der Waals surface area contributed by atoms with Crippen LogP contribution in [0.4, 0.5) is 93.9 Å². The van der Waals surface area contributed by atoms with E-state index in [1.165, 1.54) is 69.6 Å². The molecule has 0 saturated heterocycles. The van der Waals surface area contributed by atoms with Crippen molar-refractivity contribution in [3.05, 3.63) is 83.5 Å². The van der Waals surface area contributed by atoms with Gasteiger partial charge in [-0.05, 0) is 53.9 Å². The Kier molecular flexibility index (Phi) is 18.5. The van der Waals surface area contributed by atoms with Crippen molar-refractivity contribution in [1.29, 1.82) is 0 Å². The number of ether oxygens (including phenoxy) is 2. The van der Waals surface area contributed by atoms with Gasteiger partial charge in [0.25, 0.3) is 5.91 Å². The number of nitrogens with one attached hydrogen (secondary N) is 2. The Morgan fingerprint density at radius 2 is 1.22 bits per heavy atom. The lowest BCUT2D eigenvalue weighted by atomic mass is 9.88. The quantitative estimate of drug-likeness (QED) is 0.0195. The van der Waals surface area contributed by atoms with Crippen molar-refractivity contribution in [3.63, 3.8) is 0 Å². The highest BCUT2D eigenvalue weighted by Gasteiger charge is 2.95. The fourth-order valence-electron chi connectivity index (χ4n) is 6.31. The largest absolute Gasteiger partial charge is 0.491 e.